The maximum Gasteiger partial charge on any atom is 0.161 e. The molecule has 0 saturated heterocycles. The Hall–Kier alpha value is -1.52. The van der Waals surface area contributed by atoms with E-state index >= 15 is 0 Å². The highest BCUT2D eigenvalue weighted by Crippen LogP contribution is 2.33. The first-order valence-corrected chi connectivity index (χ1v) is 9.74. The van der Waals surface area contributed by atoms with Gasteiger partial charge in [-0.25, -0.2) is 0 Å². The zero-order chi connectivity index (χ0) is 18.1. The van der Waals surface area contributed by atoms with Crippen LogP contribution >= 0.6 is 11.6 Å². The quantitative estimate of drug-likeness (QED) is 0.556. The number of hydrogen-bond acceptors (Lipinski definition) is 4. The molecule has 138 valence electrons. The van der Waals surface area contributed by atoms with E-state index in [4.69, 9.17) is 16.3 Å². The van der Waals surface area contributed by atoms with E-state index in [1.54, 1.807) is 6.20 Å². The second-order valence-corrected chi connectivity index (χ2v) is 6.54. The van der Waals surface area contributed by atoms with Gasteiger partial charge in [-0.05, 0) is 57.6 Å². The molecule has 2 rings (SSSR count). The number of anilines is 1. The van der Waals surface area contributed by atoms with Gasteiger partial charge < -0.3 is 15.0 Å². The molecule has 1 aromatic carbocycles. The molecule has 0 unspecified atom stereocenters. The number of ether oxygens (including phenoxy) is 1. The first kappa shape index (κ1) is 19.8. The molecule has 2 aromatic rings. The predicted octanol–water partition coefficient (Wildman–Crippen LogP) is 5.21. The van der Waals surface area contributed by atoms with E-state index < -0.39 is 0 Å². The van der Waals surface area contributed by atoms with E-state index in [1.807, 2.05) is 25.1 Å². The fourth-order valence-corrected chi connectivity index (χ4v) is 3.15. The van der Waals surface area contributed by atoms with Crippen LogP contribution in [-0.4, -0.2) is 42.7 Å². The van der Waals surface area contributed by atoms with Crippen LogP contribution in [0, 0.1) is 0 Å². The second-order valence-electron chi connectivity index (χ2n) is 6.11. The Morgan fingerprint density at radius 1 is 1.12 bits per heavy atom. The highest BCUT2D eigenvalue weighted by molar-refractivity contribution is 6.31. The summed E-state index contributed by atoms with van der Waals surface area (Å²) < 4.78 is 5.75. The molecule has 0 fully saturated rings. The van der Waals surface area contributed by atoms with Gasteiger partial charge in [0.05, 0.1) is 24.0 Å². The van der Waals surface area contributed by atoms with Gasteiger partial charge in [-0.2, -0.15) is 0 Å². The van der Waals surface area contributed by atoms with Gasteiger partial charge in [-0.3, -0.25) is 4.98 Å². The molecule has 0 aliphatic carbocycles. The van der Waals surface area contributed by atoms with Gasteiger partial charge in [0.2, 0.25) is 0 Å². The summed E-state index contributed by atoms with van der Waals surface area (Å²) in [6.45, 7) is 11.5. The van der Waals surface area contributed by atoms with Gasteiger partial charge in [0.15, 0.2) is 5.75 Å². The summed E-state index contributed by atoms with van der Waals surface area (Å²) in [4.78, 5) is 6.94. The molecule has 4 nitrogen and oxygen atoms in total. The smallest absolute Gasteiger partial charge is 0.161 e. The topological polar surface area (TPSA) is 37.4 Å². The lowest BCUT2D eigenvalue weighted by Gasteiger charge is -2.18. The number of rotatable bonds is 11. The SMILES string of the molecule is CCOc1cnc2cc(Cl)ccc2c1NCCCCCN(CC)CC. The Morgan fingerprint density at radius 2 is 1.92 bits per heavy atom. The predicted molar refractivity (Wildman–Crippen MR) is 108 cm³/mol. The number of benzene rings is 1. The fraction of sp³-hybridized carbons (Fsp3) is 0.550. The Bertz CT molecular complexity index is 659. The molecule has 0 radical (unpaired) electrons. The van der Waals surface area contributed by atoms with Gasteiger partial charge in [0, 0.05) is 17.0 Å². The first-order chi connectivity index (χ1) is 12.2. The Balaban J connectivity index is 1.95. The van der Waals surface area contributed by atoms with Crippen molar-refractivity contribution in [2.45, 2.75) is 40.0 Å². The summed E-state index contributed by atoms with van der Waals surface area (Å²) in [6.07, 6.45) is 5.39. The van der Waals surface area contributed by atoms with Crippen LogP contribution in [0.5, 0.6) is 5.75 Å². The summed E-state index contributed by atoms with van der Waals surface area (Å²) in [5.41, 5.74) is 1.91. The average Bonchev–Trinajstić information content (AvgIpc) is 2.62. The number of hydrogen-bond donors (Lipinski definition) is 1. The molecule has 0 bridgehead atoms. The minimum atomic E-state index is 0.624. The van der Waals surface area contributed by atoms with Crippen LogP contribution < -0.4 is 10.1 Å². The maximum atomic E-state index is 6.09. The molecule has 25 heavy (non-hydrogen) atoms. The van der Waals surface area contributed by atoms with E-state index in [-0.39, 0.29) is 0 Å². The Labute approximate surface area is 156 Å². The van der Waals surface area contributed by atoms with Crippen molar-refractivity contribution in [2.24, 2.45) is 0 Å². The number of pyridine rings is 1. The summed E-state index contributed by atoms with van der Waals surface area (Å²) in [5.74, 6) is 0.806. The zero-order valence-electron chi connectivity index (χ0n) is 15.6. The first-order valence-electron chi connectivity index (χ1n) is 9.36. The number of halogens is 1. The van der Waals surface area contributed by atoms with Crippen LogP contribution in [0.15, 0.2) is 24.4 Å². The lowest BCUT2D eigenvalue weighted by Crippen LogP contribution is -2.23. The van der Waals surface area contributed by atoms with Crippen LogP contribution in [0.2, 0.25) is 5.02 Å². The molecule has 0 aliphatic heterocycles. The molecular formula is C20H30ClN3O. The van der Waals surface area contributed by atoms with Crippen molar-refractivity contribution in [3.8, 4) is 5.75 Å². The van der Waals surface area contributed by atoms with E-state index in [9.17, 15) is 0 Å². The average molecular weight is 364 g/mol. The number of fused-ring (bicyclic) bond motifs is 1. The second kappa shape index (κ2) is 10.5. The molecule has 1 aromatic heterocycles. The lowest BCUT2D eigenvalue weighted by molar-refractivity contribution is 0.296. The van der Waals surface area contributed by atoms with Gasteiger partial charge in [0.1, 0.15) is 0 Å². The summed E-state index contributed by atoms with van der Waals surface area (Å²) in [5, 5.41) is 5.31. The molecule has 5 heteroatoms. The highest BCUT2D eigenvalue weighted by atomic mass is 35.5. The van der Waals surface area contributed by atoms with Crippen molar-refractivity contribution >= 4 is 28.2 Å². The Kier molecular flexibility index (Phi) is 8.29. The minimum Gasteiger partial charge on any atom is -0.490 e. The lowest BCUT2D eigenvalue weighted by atomic mass is 10.1. The number of nitrogens with zero attached hydrogens (tertiary/aromatic N) is 2. The van der Waals surface area contributed by atoms with Crippen molar-refractivity contribution in [3.05, 3.63) is 29.4 Å². The molecular weight excluding hydrogens is 334 g/mol. The normalized spacial score (nSPS) is 11.2. The molecule has 1 N–H and O–H groups in total. The third-order valence-electron chi connectivity index (χ3n) is 4.44. The fourth-order valence-electron chi connectivity index (χ4n) is 2.99. The van der Waals surface area contributed by atoms with Crippen molar-refractivity contribution in [3.63, 3.8) is 0 Å². The van der Waals surface area contributed by atoms with E-state index in [0.717, 1.165) is 48.4 Å². The number of aromatic nitrogens is 1. The molecule has 0 atom stereocenters. The van der Waals surface area contributed by atoms with Crippen LogP contribution in [-0.2, 0) is 0 Å². The third kappa shape index (κ3) is 5.75. The summed E-state index contributed by atoms with van der Waals surface area (Å²) >= 11 is 6.09. The maximum absolute atomic E-state index is 6.09. The highest BCUT2D eigenvalue weighted by Gasteiger charge is 2.10. The minimum absolute atomic E-state index is 0.624. The van der Waals surface area contributed by atoms with E-state index in [0.29, 0.717) is 11.6 Å². The van der Waals surface area contributed by atoms with Crippen LogP contribution in [0.25, 0.3) is 10.9 Å². The molecule has 0 amide bonds. The molecule has 0 saturated carbocycles. The number of unbranched alkanes of at least 4 members (excludes halogenated alkanes) is 2. The van der Waals surface area contributed by atoms with Crippen molar-refractivity contribution in [2.75, 3.05) is 38.1 Å². The summed E-state index contributed by atoms with van der Waals surface area (Å²) in [6, 6.07) is 5.80. The number of nitrogens with one attached hydrogen (secondary N) is 1. The van der Waals surface area contributed by atoms with Crippen molar-refractivity contribution in [1.29, 1.82) is 0 Å². The van der Waals surface area contributed by atoms with Crippen LogP contribution in [0.1, 0.15) is 40.0 Å². The molecule has 0 spiro atoms. The van der Waals surface area contributed by atoms with Gasteiger partial charge in [-0.15, -0.1) is 0 Å². The van der Waals surface area contributed by atoms with Gasteiger partial charge in [-0.1, -0.05) is 31.9 Å². The van der Waals surface area contributed by atoms with Crippen molar-refractivity contribution in [1.82, 2.24) is 9.88 Å². The molecule has 1 heterocycles. The van der Waals surface area contributed by atoms with Crippen molar-refractivity contribution < 1.29 is 4.74 Å². The van der Waals surface area contributed by atoms with Crippen LogP contribution in [0.3, 0.4) is 0 Å². The third-order valence-corrected chi connectivity index (χ3v) is 4.68. The molecule has 0 aliphatic rings. The standard InChI is InChI=1S/C20H30ClN3O/c1-4-24(5-2)13-9-7-8-12-22-20-17-11-10-16(21)14-18(17)23-15-19(20)25-6-3/h10-11,14-15H,4-9,12-13H2,1-3H3,(H,22,23). The monoisotopic (exact) mass is 363 g/mol. The summed E-state index contributed by atoms with van der Waals surface area (Å²) in [7, 11) is 0. The van der Waals surface area contributed by atoms with E-state index in [1.165, 1.54) is 19.4 Å². The van der Waals surface area contributed by atoms with Gasteiger partial charge >= 0.3 is 0 Å². The van der Waals surface area contributed by atoms with Gasteiger partial charge in [0.25, 0.3) is 0 Å². The largest absolute Gasteiger partial charge is 0.490 e. The van der Waals surface area contributed by atoms with E-state index in [2.05, 4.69) is 29.0 Å². The Morgan fingerprint density at radius 3 is 2.64 bits per heavy atom. The van der Waals surface area contributed by atoms with Crippen LogP contribution in [0.4, 0.5) is 5.69 Å². The zero-order valence-corrected chi connectivity index (χ0v) is 16.4.